The zero-order valence-corrected chi connectivity index (χ0v) is 19.3. The smallest absolute Gasteiger partial charge is 0.329 e. The van der Waals surface area contributed by atoms with Gasteiger partial charge in [0.1, 0.15) is 23.4 Å². The number of fused-ring (bicyclic) bond motifs is 1. The first-order chi connectivity index (χ1) is 14.4. The lowest BCUT2D eigenvalue weighted by Crippen LogP contribution is -2.58. The van der Waals surface area contributed by atoms with Gasteiger partial charge in [0.2, 0.25) is 5.91 Å². The van der Waals surface area contributed by atoms with E-state index in [1.807, 2.05) is 41.5 Å². The molecule has 8 heteroatoms. The Kier molecular flexibility index (Phi) is 6.39. The molecule has 0 spiro atoms. The van der Waals surface area contributed by atoms with E-state index in [9.17, 15) is 14.4 Å². The fraction of sp³-hybridized carbons (Fsp3) is 0.696. The average Bonchev–Trinajstić information content (AvgIpc) is 3.25. The maximum Gasteiger partial charge on any atom is 0.329 e. The maximum absolute atomic E-state index is 13.8. The maximum atomic E-state index is 13.8. The van der Waals surface area contributed by atoms with Gasteiger partial charge in [-0.1, -0.05) is 27.2 Å². The molecule has 1 aromatic rings. The Balaban J connectivity index is 1.88. The van der Waals surface area contributed by atoms with E-state index < -0.39 is 29.0 Å². The fourth-order valence-corrected chi connectivity index (χ4v) is 4.61. The Labute approximate surface area is 184 Å². The van der Waals surface area contributed by atoms with Gasteiger partial charge in [0, 0.05) is 18.4 Å². The SMILES string of the molecule is CC(C)(C)OC(=O)[C@@H]1C[C@@H]2CCC[C@@H]2N1C(=O)[C@@H](NC(=O)c1cnccn1)C(C)(C)C. The van der Waals surface area contributed by atoms with Crippen molar-refractivity contribution < 1.29 is 19.1 Å². The lowest BCUT2D eigenvalue weighted by atomic mass is 9.85. The molecule has 2 heterocycles. The first kappa shape index (κ1) is 23.2. The number of hydrogen-bond acceptors (Lipinski definition) is 6. The van der Waals surface area contributed by atoms with Crippen LogP contribution in [0.15, 0.2) is 18.6 Å². The molecule has 2 aliphatic rings. The van der Waals surface area contributed by atoms with Gasteiger partial charge >= 0.3 is 5.97 Å². The fourth-order valence-electron chi connectivity index (χ4n) is 4.61. The van der Waals surface area contributed by atoms with Crippen molar-refractivity contribution in [2.45, 2.75) is 91.0 Å². The minimum absolute atomic E-state index is 0.00304. The minimum atomic E-state index is -0.814. The molecule has 1 aliphatic heterocycles. The van der Waals surface area contributed by atoms with Crippen LogP contribution in [-0.4, -0.2) is 56.4 Å². The summed E-state index contributed by atoms with van der Waals surface area (Å²) in [5, 5.41) is 2.85. The Morgan fingerprint density at radius 1 is 1.13 bits per heavy atom. The van der Waals surface area contributed by atoms with Gasteiger partial charge in [0.25, 0.3) is 5.91 Å². The number of likely N-dealkylation sites (tertiary alicyclic amines) is 1. The quantitative estimate of drug-likeness (QED) is 0.737. The molecule has 1 aliphatic carbocycles. The Hall–Kier alpha value is -2.51. The van der Waals surface area contributed by atoms with Crippen LogP contribution in [0.25, 0.3) is 0 Å². The summed E-state index contributed by atoms with van der Waals surface area (Å²) in [7, 11) is 0. The van der Waals surface area contributed by atoms with E-state index in [0.717, 1.165) is 19.3 Å². The van der Waals surface area contributed by atoms with Crippen molar-refractivity contribution in [1.82, 2.24) is 20.2 Å². The van der Waals surface area contributed by atoms with Crippen LogP contribution >= 0.6 is 0 Å². The molecular formula is C23H34N4O4. The number of nitrogens with zero attached hydrogens (tertiary/aromatic N) is 3. The van der Waals surface area contributed by atoms with Crippen LogP contribution in [0.3, 0.4) is 0 Å². The molecule has 0 unspecified atom stereocenters. The molecule has 1 N–H and O–H groups in total. The molecule has 0 radical (unpaired) electrons. The predicted molar refractivity (Wildman–Crippen MR) is 115 cm³/mol. The zero-order chi connectivity index (χ0) is 23.0. The molecule has 0 aromatic carbocycles. The molecule has 0 bridgehead atoms. The summed E-state index contributed by atoms with van der Waals surface area (Å²) < 4.78 is 5.64. The number of nitrogens with one attached hydrogen (secondary N) is 1. The molecule has 170 valence electrons. The third-order valence-corrected chi connectivity index (χ3v) is 5.96. The monoisotopic (exact) mass is 430 g/mol. The van der Waals surface area contributed by atoms with Gasteiger partial charge in [-0.3, -0.25) is 14.6 Å². The van der Waals surface area contributed by atoms with Crippen LogP contribution in [-0.2, 0) is 14.3 Å². The van der Waals surface area contributed by atoms with E-state index in [4.69, 9.17) is 4.74 Å². The summed E-state index contributed by atoms with van der Waals surface area (Å²) in [6.45, 7) is 11.2. The van der Waals surface area contributed by atoms with Crippen LogP contribution in [0.5, 0.6) is 0 Å². The van der Waals surface area contributed by atoms with Crippen molar-refractivity contribution in [3.05, 3.63) is 24.3 Å². The van der Waals surface area contributed by atoms with Crippen molar-refractivity contribution >= 4 is 17.8 Å². The van der Waals surface area contributed by atoms with Crippen LogP contribution in [0.2, 0.25) is 0 Å². The Morgan fingerprint density at radius 2 is 1.84 bits per heavy atom. The van der Waals surface area contributed by atoms with E-state index in [1.165, 1.54) is 18.6 Å². The van der Waals surface area contributed by atoms with Gasteiger partial charge in [-0.25, -0.2) is 9.78 Å². The van der Waals surface area contributed by atoms with E-state index in [-0.39, 0.29) is 29.5 Å². The summed E-state index contributed by atoms with van der Waals surface area (Å²) in [5.74, 6) is -0.784. The number of amides is 2. The summed E-state index contributed by atoms with van der Waals surface area (Å²) in [6, 6.07) is -1.44. The molecule has 3 rings (SSSR count). The normalized spacial score (nSPS) is 24.5. The molecule has 2 fully saturated rings. The highest BCUT2D eigenvalue weighted by Gasteiger charge is 2.52. The van der Waals surface area contributed by atoms with Gasteiger partial charge in [0.15, 0.2) is 0 Å². The number of esters is 1. The van der Waals surface area contributed by atoms with Crippen molar-refractivity contribution in [1.29, 1.82) is 0 Å². The van der Waals surface area contributed by atoms with Gasteiger partial charge < -0.3 is 15.0 Å². The second-order valence-electron chi connectivity index (χ2n) is 10.7. The summed E-state index contributed by atoms with van der Waals surface area (Å²) in [5.41, 5.74) is -1.05. The molecule has 8 nitrogen and oxygen atoms in total. The van der Waals surface area contributed by atoms with Gasteiger partial charge in [-0.2, -0.15) is 0 Å². The van der Waals surface area contributed by atoms with E-state index >= 15 is 0 Å². The van der Waals surface area contributed by atoms with Crippen LogP contribution in [0, 0.1) is 11.3 Å². The molecular weight excluding hydrogens is 396 g/mol. The number of aromatic nitrogens is 2. The van der Waals surface area contributed by atoms with E-state index in [2.05, 4.69) is 15.3 Å². The Morgan fingerprint density at radius 3 is 2.42 bits per heavy atom. The second kappa shape index (κ2) is 8.55. The Bertz CT molecular complexity index is 828. The predicted octanol–water partition coefficient (Wildman–Crippen LogP) is 2.73. The number of carbonyl (C=O) groups excluding carboxylic acids is 3. The number of rotatable bonds is 4. The van der Waals surface area contributed by atoms with Gasteiger partial charge in [-0.05, 0) is 51.4 Å². The second-order valence-corrected chi connectivity index (χ2v) is 10.7. The molecule has 31 heavy (non-hydrogen) atoms. The largest absolute Gasteiger partial charge is 0.458 e. The van der Waals surface area contributed by atoms with Gasteiger partial charge in [-0.15, -0.1) is 0 Å². The number of hydrogen-bond donors (Lipinski definition) is 1. The van der Waals surface area contributed by atoms with Crippen LogP contribution in [0.1, 0.15) is 77.7 Å². The third-order valence-electron chi connectivity index (χ3n) is 5.96. The molecule has 1 aromatic heterocycles. The molecule has 4 atom stereocenters. The first-order valence-corrected chi connectivity index (χ1v) is 11.0. The summed E-state index contributed by atoms with van der Waals surface area (Å²) >= 11 is 0. The highest BCUT2D eigenvalue weighted by molar-refractivity contribution is 5.97. The zero-order valence-electron chi connectivity index (χ0n) is 19.3. The topological polar surface area (TPSA) is 101 Å². The van der Waals surface area contributed by atoms with Crippen molar-refractivity contribution in [3.8, 4) is 0 Å². The highest BCUT2D eigenvalue weighted by atomic mass is 16.6. The first-order valence-electron chi connectivity index (χ1n) is 11.0. The minimum Gasteiger partial charge on any atom is -0.458 e. The lowest BCUT2D eigenvalue weighted by Gasteiger charge is -2.38. The molecule has 1 saturated carbocycles. The third kappa shape index (κ3) is 5.22. The average molecular weight is 431 g/mol. The van der Waals surface area contributed by atoms with E-state index in [1.54, 1.807) is 4.90 Å². The highest BCUT2D eigenvalue weighted by Crippen LogP contribution is 2.43. The lowest BCUT2D eigenvalue weighted by molar-refractivity contribution is -0.165. The molecule has 2 amide bonds. The number of ether oxygens (including phenoxy) is 1. The summed E-state index contributed by atoms with van der Waals surface area (Å²) in [6.07, 6.45) is 7.80. The van der Waals surface area contributed by atoms with E-state index in [0.29, 0.717) is 6.42 Å². The van der Waals surface area contributed by atoms with Crippen LogP contribution < -0.4 is 5.32 Å². The van der Waals surface area contributed by atoms with Crippen molar-refractivity contribution in [2.24, 2.45) is 11.3 Å². The van der Waals surface area contributed by atoms with Crippen molar-refractivity contribution in [3.63, 3.8) is 0 Å². The van der Waals surface area contributed by atoms with Crippen molar-refractivity contribution in [2.75, 3.05) is 0 Å². The number of carbonyl (C=O) groups is 3. The van der Waals surface area contributed by atoms with Gasteiger partial charge in [0.05, 0.1) is 6.20 Å². The molecule has 1 saturated heterocycles. The summed E-state index contributed by atoms with van der Waals surface area (Å²) in [4.78, 5) is 49.3. The van der Waals surface area contributed by atoms with Crippen LogP contribution in [0.4, 0.5) is 0 Å². The standard InChI is InChI=1S/C23H34N4O4/c1-22(2,3)18(26-19(28)15-13-24-10-11-25-15)20(29)27-16-9-7-8-14(16)12-17(27)21(30)31-23(4,5)6/h10-11,13-14,16-18H,7-9,12H2,1-6H3,(H,26,28)/t14-,16-,17-,18+/m0/s1.